The van der Waals surface area contributed by atoms with E-state index in [4.69, 9.17) is 14.7 Å². The molecule has 0 spiro atoms. The molecule has 1 saturated carbocycles. The van der Waals surface area contributed by atoms with E-state index in [1.807, 2.05) is 31.2 Å². The second-order valence-corrected chi connectivity index (χ2v) is 10.9. The number of aromatic nitrogens is 3. The third-order valence-electron chi connectivity index (χ3n) is 8.19. The first kappa shape index (κ1) is 26.5. The van der Waals surface area contributed by atoms with Gasteiger partial charge in [0.15, 0.2) is 0 Å². The Hall–Kier alpha value is -3.69. The Labute approximate surface area is 248 Å². The predicted molar refractivity (Wildman–Crippen MR) is 156 cm³/mol. The summed E-state index contributed by atoms with van der Waals surface area (Å²) in [4.78, 5) is 9.78. The normalized spacial score (nSPS) is 13.5. The maximum atomic E-state index is 10.5. The zero-order chi connectivity index (χ0) is 26.8. The molecule has 0 saturated heterocycles. The molecule has 7 rings (SSSR count). The summed E-state index contributed by atoms with van der Waals surface area (Å²) in [5.74, 6) is 2.61. The summed E-state index contributed by atoms with van der Waals surface area (Å²) in [6.07, 6.45) is 3.45. The van der Waals surface area contributed by atoms with Gasteiger partial charge in [0.1, 0.15) is 17.1 Å². The summed E-state index contributed by atoms with van der Waals surface area (Å²) in [6, 6.07) is 23.9. The van der Waals surface area contributed by atoms with Crippen LogP contribution in [0.15, 0.2) is 60.7 Å². The van der Waals surface area contributed by atoms with E-state index in [2.05, 4.69) is 61.7 Å². The maximum absolute atomic E-state index is 10.5. The number of rotatable bonds is 4. The molecular weight excluding hydrogens is 677 g/mol. The van der Waals surface area contributed by atoms with Crippen LogP contribution in [0.1, 0.15) is 53.1 Å². The van der Waals surface area contributed by atoms with Crippen molar-refractivity contribution in [3.8, 4) is 23.2 Å². The van der Waals surface area contributed by atoms with Crippen LogP contribution < -0.4 is 4.74 Å². The fourth-order valence-corrected chi connectivity index (χ4v) is 5.87. The molecule has 0 amide bonds. The van der Waals surface area contributed by atoms with E-state index in [0.29, 0.717) is 23.1 Å². The van der Waals surface area contributed by atoms with Crippen molar-refractivity contribution in [3.05, 3.63) is 94.7 Å². The van der Waals surface area contributed by atoms with Gasteiger partial charge in [0.25, 0.3) is 0 Å². The first-order valence-electron chi connectivity index (χ1n) is 13.6. The number of phenolic OH excluding ortho intramolecular Hbond substituents is 1. The fourth-order valence-electron chi connectivity index (χ4n) is 5.87. The number of pyridine rings is 2. The van der Waals surface area contributed by atoms with Crippen LogP contribution >= 0.6 is 0 Å². The molecule has 40 heavy (non-hydrogen) atoms. The first-order chi connectivity index (χ1) is 18.9. The van der Waals surface area contributed by atoms with Crippen LogP contribution in [-0.4, -0.2) is 19.6 Å². The molecule has 3 aromatic carbocycles. The van der Waals surface area contributed by atoms with Gasteiger partial charge >= 0.3 is 0 Å². The number of hydrogen-bond acceptors (Lipinski definition) is 4. The van der Waals surface area contributed by atoms with Gasteiger partial charge in [-0.1, -0.05) is 47.8 Å². The van der Waals surface area contributed by atoms with E-state index in [1.54, 1.807) is 6.07 Å². The Morgan fingerprint density at radius 3 is 2.45 bits per heavy atom. The van der Waals surface area contributed by atoms with Gasteiger partial charge in [-0.2, -0.15) is 6.07 Å². The largest absolute Gasteiger partial charge is 0.506 e. The zero-order valence-corrected chi connectivity index (χ0v) is 25.3. The van der Waals surface area contributed by atoms with E-state index < -0.39 is 0 Å². The minimum atomic E-state index is 0. The van der Waals surface area contributed by atoms with Gasteiger partial charge in [-0.25, -0.2) is 9.97 Å². The van der Waals surface area contributed by atoms with Crippen molar-refractivity contribution in [1.82, 2.24) is 14.5 Å². The number of aryl methyl sites for hydroxylation is 4. The van der Waals surface area contributed by atoms with Gasteiger partial charge in [0.05, 0.1) is 0 Å². The van der Waals surface area contributed by atoms with Crippen LogP contribution in [0.5, 0.6) is 17.4 Å². The number of nitrogens with zero attached hydrogens (tertiary/aromatic N) is 3. The minimum Gasteiger partial charge on any atom is -0.506 e. The molecule has 1 aliphatic rings. The number of para-hydroxylation sites is 1. The summed E-state index contributed by atoms with van der Waals surface area (Å²) in [7, 11) is 0. The Bertz CT molecular complexity index is 1940. The van der Waals surface area contributed by atoms with Crippen LogP contribution in [0.25, 0.3) is 38.5 Å². The van der Waals surface area contributed by atoms with Crippen molar-refractivity contribution in [2.45, 2.75) is 52.9 Å². The monoisotopic (exact) mass is 707 g/mol. The Kier molecular flexibility index (Phi) is 6.66. The second-order valence-electron chi connectivity index (χ2n) is 10.9. The summed E-state index contributed by atoms with van der Waals surface area (Å²) >= 11 is 0. The SMILES string of the molecule is Cc1ccc(C)c(-n2c3[c-]c(Oc4nc5c(O)cccc5cc4C4CCC4)ccc3c3c(C)ccc(C)c32)n1.[Pt]. The third-order valence-corrected chi connectivity index (χ3v) is 8.19. The molecule has 0 bridgehead atoms. The molecule has 6 aromatic rings. The number of phenols is 1. The molecular formula is C34H30N3O2Pt-. The number of benzene rings is 3. The Balaban J connectivity index is 0.00000289. The van der Waals surface area contributed by atoms with E-state index >= 15 is 0 Å². The molecule has 1 aliphatic carbocycles. The van der Waals surface area contributed by atoms with Gasteiger partial charge in [0.2, 0.25) is 5.88 Å². The van der Waals surface area contributed by atoms with Gasteiger partial charge in [0, 0.05) is 49.0 Å². The quantitative estimate of drug-likeness (QED) is 0.187. The van der Waals surface area contributed by atoms with E-state index in [-0.39, 0.29) is 26.8 Å². The van der Waals surface area contributed by atoms with Crippen LogP contribution in [0.4, 0.5) is 0 Å². The van der Waals surface area contributed by atoms with Crippen molar-refractivity contribution >= 4 is 32.7 Å². The molecule has 1 fully saturated rings. The van der Waals surface area contributed by atoms with Crippen LogP contribution in [0.3, 0.4) is 0 Å². The Morgan fingerprint density at radius 1 is 0.900 bits per heavy atom. The average molecular weight is 708 g/mol. The average Bonchev–Trinajstić information content (AvgIpc) is 3.23. The smallest absolute Gasteiger partial charge is 0.220 e. The van der Waals surface area contributed by atoms with E-state index in [0.717, 1.165) is 57.3 Å². The molecule has 5 nitrogen and oxygen atoms in total. The number of ether oxygens (including phenoxy) is 1. The number of fused-ring (bicyclic) bond motifs is 4. The van der Waals surface area contributed by atoms with Crippen molar-refractivity contribution < 1.29 is 30.9 Å². The summed E-state index contributed by atoms with van der Waals surface area (Å²) in [5, 5.41) is 13.8. The number of aromatic hydroxyl groups is 1. The third kappa shape index (κ3) is 4.19. The molecule has 0 unspecified atom stereocenters. The molecule has 0 atom stereocenters. The summed E-state index contributed by atoms with van der Waals surface area (Å²) in [5.41, 5.74) is 8.17. The summed E-state index contributed by atoms with van der Waals surface area (Å²) in [6.45, 7) is 8.43. The standard InChI is InChI=1S/C34H30N3O2.Pt/c1-19-11-12-20(2)32-30(19)26-16-15-25(18-28(26)37(32)33-21(3)13-14-22(4)35-33)39-34-27(23-7-5-8-23)17-24-9-6-10-29(38)31(24)36-34;/h6,9-17,23,38H,5,7-8H2,1-4H3;/q-1;. The van der Waals surface area contributed by atoms with Crippen molar-refractivity contribution in [2.75, 3.05) is 0 Å². The molecule has 204 valence electrons. The first-order valence-corrected chi connectivity index (χ1v) is 13.6. The topological polar surface area (TPSA) is 60.2 Å². The summed E-state index contributed by atoms with van der Waals surface area (Å²) < 4.78 is 8.76. The molecule has 3 aromatic heterocycles. The van der Waals surface area contributed by atoms with Crippen molar-refractivity contribution in [1.29, 1.82) is 0 Å². The Morgan fingerprint density at radius 2 is 1.68 bits per heavy atom. The van der Waals surface area contributed by atoms with E-state index in [9.17, 15) is 5.11 Å². The molecule has 3 heterocycles. The van der Waals surface area contributed by atoms with E-state index in [1.165, 1.54) is 22.9 Å². The maximum Gasteiger partial charge on any atom is 0.220 e. The van der Waals surface area contributed by atoms with Gasteiger partial charge in [-0.3, -0.25) is 0 Å². The van der Waals surface area contributed by atoms with Crippen molar-refractivity contribution in [3.63, 3.8) is 0 Å². The molecule has 0 radical (unpaired) electrons. The zero-order valence-electron chi connectivity index (χ0n) is 23.0. The predicted octanol–water partition coefficient (Wildman–Crippen LogP) is 8.52. The van der Waals surface area contributed by atoms with Gasteiger partial charge in [-0.15, -0.1) is 17.5 Å². The van der Waals surface area contributed by atoms with Crippen LogP contribution in [-0.2, 0) is 21.1 Å². The van der Waals surface area contributed by atoms with Crippen molar-refractivity contribution in [2.24, 2.45) is 0 Å². The van der Waals surface area contributed by atoms with Crippen LogP contribution in [0, 0.1) is 33.8 Å². The molecule has 0 aliphatic heterocycles. The second kappa shape index (κ2) is 10.0. The fraction of sp³-hybridized carbons (Fsp3) is 0.235. The van der Waals surface area contributed by atoms with Gasteiger partial charge < -0.3 is 14.4 Å². The molecule has 6 heteroatoms. The van der Waals surface area contributed by atoms with Crippen LogP contribution in [0.2, 0.25) is 0 Å². The van der Waals surface area contributed by atoms with Gasteiger partial charge in [-0.05, 0) is 81.2 Å². The number of hydrogen-bond donors (Lipinski definition) is 1. The minimum absolute atomic E-state index is 0. The molecule has 1 N–H and O–H groups in total.